The normalized spacial score (nSPS) is 17.8. The van der Waals surface area contributed by atoms with Crippen LogP contribution >= 0.6 is 22.9 Å². The third-order valence-corrected chi connectivity index (χ3v) is 6.28. The highest BCUT2D eigenvalue weighted by Gasteiger charge is 2.23. The van der Waals surface area contributed by atoms with Crippen LogP contribution < -0.4 is 5.32 Å². The minimum absolute atomic E-state index is 0.202. The van der Waals surface area contributed by atoms with Crippen LogP contribution in [0.15, 0.2) is 36.4 Å². The van der Waals surface area contributed by atoms with E-state index in [0.717, 1.165) is 37.2 Å². The predicted octanol–water partition coefficient (Wildman–Crippen LogP) is 6.11. The Morgan fingerprint density at radius 1 is 1.28 bits per heavy atom. The fraction of sp³-hybridized carbons (Fsp3) is 0.350. The zero-order chi connectivity index (χ0) is 17.2. The maximum absolute atomic E-state index is 6.29. The minimum Gasteiger partial charge on any atom is -0.380 e. The topological polar surface area (TPSA) is 34.1 Å². The highest BCUT2D eigenvalue weighted by molar-refractivity contribution is 7.20. The van der Waals surface area contributed by atoms with Crippen LogP contribution in [-0.4, -0.2) is 11.6 Å². The molecule has 0 spiro atoms. The third-order valence-electron chi connectivity index (χ3n) is 4.68. The standard InChI is InChI=1S/C20H21ClN2OS/c1-13-18-20(25-19(13)16-9-5-6-10-24-16)15(11-17(21)23-18)22-12-14-7-3-2-4-8-14/h2-4,7-8,11,16H,5-6,9-10,12H2,1H3,(H,22,23)/t16-/m1/s1. The van der Waals surface area contributed by atoms with E-state index in [-0.39, 0.29) is 6.10 Å². The Hall–Kier alpha value is -1.62. The number of hydrogen-bond acceptors (Lipinski definition) is 4. The van der Waals surface area contributed by atoms with Gasteiger partial charge in [0.25, 0.3) is 0 Å². The quantitative estimate of drug-likeness (QED) is 0.561. The number of hydrogen-bond donors (Lipinski definition) is 1. The molecule has 1 atom stereocenters. The zero-order valence-corrected chi connectivity index (χ0v) is 15.8. The molecule has 1 aliphatic rings. The van der Waals surface area contributed by atoms with E-state index < -0.39 is 0 Å². The van der Waals surface area contributed by atoms with Gasteiger partial charge in [-0.15, -0.1) is 11.3 Å². The van der Waals surface area contributed by atoms with E-state index in [9.17, 15) is 0 Å². The Bertz CT molecular complexity index is 872. The van der Waals surface area contributed by atoms with E-state index in [2.05, 4.69) is 41.5 Å². The van der Waals surface area contributed by atoms with E-state index in [1.165, 1.54) is 27.1 Å². The highest BCUT2D eigenvalue weighted by Crippen LogP contribution is 2.42. The summed E-state index contributed by atoms with van der Waals surface area (Å²) in [5.74, 6) is 0. The van der Waals surface area contributed by atoms with Gasteiger partial charge in [-0.05, 0) is 37.3 Å². The summed E-state index contributed by atoms with van der Waals surface area (Å²) in [6, 6.07) is 12.3. The highest BCUT2D eigenvalue weighted by atomic mass is 35.5. The molecule has 3 nitrogen and oxygen atoms in total. The van der Waals surface area contributed by atoms with E-state index in [1.807, 2.05) is 12.1 Å². The van der Waals surface area contributed by atoms with E-state index in [4.69, 9.17) is 16.3 Å². The van der Waals surface area contributed by atoms with E-state index in [0.29, 0.717) is 5.15 Å². The molecule has 3 aromatic rings. The first-order valence-electron chi connectivity index (χ1n) is 8.71. The summed E-state index contributed by atoms with van der Waals surface area (Å²) in [7, 11) is 0. The maximum atomic E-state index is 6.29. The summed E-state index contributed by atoms with van der Waals surface area (Å²) in [6.07, 6.45) is 3.68. The Morgan fingerprint density at radius 3 is 2.88 bits per heavy atom. The van der Waals surface area contributed by atoms with Crippen LogP contribution in [0, 0.1) is 6.92 Å². The molecule has 0 amide bonds. The molecule has 0 unspecified atom stereocenters. The van der Waals surface area contributed by atoms with Gasteiger partial charge in [0.1, 0.15) is 5.15 Å². The summed E-state index contributed by atoms with van der Waals surface area (Å²) in [4.78, 5) is 5.88. The second kappa shape index (κ2) is 7.32. The molecule has 4 rings (SSSR count). The fourth-order valence-electron chi connectivity index (χ4n) is 3.34. The molecule has 1 aromatic carbocycles. The molecule has 0 saturated carbocycles. The summed E-state index contributed by atoms with van der Waals surface area (Å²) in [6.45, 7) is 3.75. The smallest absolute Gasteiger partial charge is 0.131 e. The van der Waals surface area contributed by atoms with Crippen molar-refractivity contribution in [3.8, 4) is 0 Å². The SMILES string of the molecule is Cc1c([C@H]2CCCCO2)sc2c(NCc3ccccc3)cc(Cl)nc12. The average Bonchev–Trinajstić information content (AvgIpc) is 2.98. The van der Waals surface area contributed by atoms with Crippen LogP contribution in [0.25, 0.3) is 10.2 Å². The monoisotopic (exact) mass is 372 g/mol. The molecule has 5 heteroatoms. The van der Waals surface area contributed by atoms with Gasteiger partial charge in [0.2, 0.25) is 0 Å². The van der Waals surface area contributed by atoms with Gasteiger partial charge in [0, 0.05) is 24.1 Å². The molecule has 3 heterocycles. The van der Waals surface area contributed by atoms with E-state index >= 15 is 0 Å². The van der Waals surface area contributed by atoms with Crippen molar-refractivity contribution >= 4 is 38.8 Å². The van der Waals surface area contributed by atoms with Crippen LogP contribution in [0.5, 0.6) is 0 Å². The van der Waals surface area contributed by atoms with Crippen molar-refractivity contribution in [1.82, 2.24) is 4.98 Å². The predicted molar refractivity (Wildman–Crippen MR) is 106 cm³/mol. The Balaban J connectivity index is 1.68. The zero-order valence-electron chi connectivity index (χ0n) is 14.2. The van der Waals surface area contributed by atoms with Gasteiger partial charge in [-0.25, -0.2) is 4.98 Å². The second-order valence-corrected chi connectivity index (χ2v) is 7.90. The first-order chi connectivity index (χ1) is 12.2. The Labute approximate surface area is 157 Å². The van der Waals surface area contributed by atoms with Crippen molar-refractivity contribution in [3.63, 3.8) is 0 Å². The van der Waals surface area contributed by atoms with Gasteiger partial charge in [-0.1, -0.05) is 41.9 Å². The first-order valence-corrected chi connectivity index (χ1v) is 9.91. The number of fused-ring (bicyclic) bond motifs is 1. The molecular formula is C20H21ClN2OS. The lowest BCUT2D eigenvalue weighted by Gasteiger charge is -2.22. The maximum Gasteiger partial charge on any atom is 0.131 e. The number of aromatic nitrogens is 1. The van der Waals surface area contributed by atoms with Crippen molar-refractivity contribution in [2.75, 3.05) is 11.9 Å². The van der Waals surface area contributed by atoms with Crippen LogP contribution in [0.2, 0.25) is 5.15 Å². The van der Waals surface area contributed by atoms with Crippen molar-refractivity contribution in [2.45, 2.75) is 38.8 Å². The summed E-state index contributed by atoms with van der Waals surface area (Å²) in [5.41, 5.74) is 4.50. The van der Waals surface area contributed by atoms with Crippen LogP contribution in [0.4, 0.5) is 5.69 Å². The number of benzene rings is 1. The lowest BCUT2D eigenvalue weighted by atomic mass is 10.0. The third kappa shape index (κ3) is 3.52. The van der Waals surface area contributed by atoms with Crippen LogP contribution in [0.3, 0.4) is 0 Å². The molecule has 1 aliphatic heterocycles. The van der Waals surface area contributed by atoms with Gasteiger partial charge >= 0.3 is 0 Å². The number of aryl methyl sites for hydroxylation is 1. The average molecular weight is 373 g/mol. The van der Waals surface area contributed by atoms with Crippen molar-refractivity contribution in [2.24, 2.45) is 0 Å². The van der Waals surface area contributed by atoms with Crippen molar-refractivity contribution in [1.29, 1.82) is 0 Å². The molecule has 0 radical (unpaired) electrons. The number of rotatable bonds is 4. The minimum atomic E-state index is 0.202. The van der Waals surface area contributed by atoms with Gasteiger partial charge in [0.15, 0.2) is 0 Å². The number of pyridine rings is 1. The number of thiophene rings is 1. The first kappa shape index (κ1) is 16.8. The second-order valence-electron chi connectivity index (χ2n) is 6.46. The van der Waals surface area contributed by atoms with Crippen LogP contribution in [-0.2, 0) is 11.3 Å². The fourth-order valence-corrected chi connectivity index (χ4v) is 4.86. The molecule has 25 heavy (non-hydrogen) atoms. The molecule has 0 bridgehead atoms. The molecule has 130 valence electrons. The van der Waals surface area contributed by atoms with E-state index in [1.54, 1.807) is 11.3 Å². The van der Waals surface area contributed by atoms with Gasteiger partial charge in [0.05, 0.1) is 22.0 Å². The number of ether oxygens (including phenoxy) is 1. The number of nitrogens with one attached hydrogen (secondary N) is 1. The van der Waals surface area contributed by atoms with Crippen molar-refractivity contribution in [3.05, 3.63) is 57.6 Å². The summed E-state index contributed by atoms with van der Waals surface area (Å²) < 4.78 is 7.17. The number of nitrogens with zero attached hydrogens (tertiary/aromatic N) is 1. The lowest BCUT2D eigenvalue weighted by Crippen LogP contribution is -2.10. The molecule has 1 fully saturated rings. The molecule has 1 saturated heterocycles. The summed E-state index contributed by atoms with van der Waals surface area (Å²) >= 11 is 8.09. The van der Waals surface area contributed by atoms with Crippen molar-refractivity contribution < 1.29 is 4.74 Å². The van der Waals surface area contributed by atoms with Gasteiger partial charge < -0.3 is 10.1 Å². The largest absolute Gasteiger partial charge is 0.380 e. The molecule has 0 aliphatic carbocycles. The Morgan fingerprint density at radius 2 is 2.12 bits per heavy atom. The molecule has 1 N–H and O–H groups in total. The number of anilines is 1. The van der Waals surface area contributed by atoms with Crippen LogP contribution in [0.1, 0.15) is 41.4 Å². The molecular weight excluding hydrogens is 352 g/mol. The molecule has 2 aromatic heterocycles. The summed E-state index contributed by atoms with van der Waals surface area (Å²) in [5, 5.41) is 4.06. The van der Waals surface area contributed by atoms with Gasteiger partial charge in [-0.3, -0.25) is 0 Å². The Kier molecular flexibility index (Phi) is 4.93. The lowest BCUT2D eigenvalue weighted by molar-refractivity contribution is 0.0169. The number of halogens is 1. The van der Waals surface area contributed by atoms with Gasteiger partial charge in [-0.2, -0.15) is 0 Å².